The Morgan fingerprint density at radius 1 is 0.633 bits per heavy atom. The molecular weight excluding hydrogens is 380 g/mol. The Labute approximate surface area is 178 Å². The van der Waals surface area contributed by atoms with Gasteiger partial charge in [0.2, 0.25) is 0 Å². The summed E-state index contributed by atoms with van der Waals surface area (Å²) in [5.41, 5.74) is 1.97. The van der Waals surface area contributed by atoms with Gasteiger partial charge >= 0.3 is 0 Å². The molecule has 3 rings (SSSR count). The molecule has 0 aliphatic heterocycles. The minimum absolute atomic E-state index is 0.170. The van der Waals surface area contributed by atoms with E-state index in [4.69, 9.17) is 28.9 Å². The first-order valence-electron chi connectivity index (χ1n) is 10.2. The normalized spacial score (nSPS) is 19.2. The molecule has 2 aromatic rings. The number of aliphatic imine (C=N–C) groups is 2. The molecule has 0 bridgehead atoms. The van der Waals surface area contributed by atoms with Gasteiger partial charge in [0.1, 0.15) is 0 Å². The summed E-state index contributed by atoms with van der Waals surface area (Å²) in [6, 6.07) is 12.0. The van der Waals surface area contributed by atoms with E-state index in [0.717, 1.165) is 24.0 Å². The van der Waals surface area contributed by atoms with Crippen molar-refractivity contribution in [2.75, 3.05) is 28.4 Å². The van der Waals surface area contributed by atoms with Crippen molar-refractivity contribution in [3.05, 3.63) is 47.5 Å². The molecule has 1 aliphatic rings. The van der Waals surface area contributed by atoms with Crippen LogP contribution in [0.5, 0.6) is 23.0 Å². The zero-order valence-electron chi connectivity index (χ0n) is 18.1. The minimum Gasteiger partial charge on any atom is -0.493 e. The fourth-order valence-corrected chi connectivity index (χ4v) is 3.67. The Balaban J connectivity index is 1.73. The molecule has 0 unspecified atom stereocenters. The molecule has 1 aliphatic carbocycles. The van der Waals surface area contributed by atoms with Gasteiger partial charge in [-0.1, -0.05) is 12.8 Å². The van der Waals surface area contributed by atoms with Crippen LogP contribution in [0.2, 0.25) is 0 Å². The van der Waals surface area contributed by atoms with Gasteiger partial charge in [-0.15, -0.1) is 0 Å². The Morgan fingerprint density at radius 2 is 1.03 bits per heavy atom. The predicted octanol–water partition coefficient (Wildman–Crippen LogP) is 4.57. The molecule has 6 nitrogen and oxygen atoms in total. The second kappa shape index (κ2) is 10.7. The van der Waals surface area contributed by atoms with Crippen molar-refractivity contribution in [2.24, 2.45) is 9.98 Å². The zero-order valence-corrected chi connectivity index (χ0v) is 18.1. The molecule has 0 amide bonds. The fourth-order valence-electron chi connectivity index (χ4n) is 3.67. The van der Waals surface area contributed by atoms with Gasteiger partial charge in [-0.25, -0.2) is 0 Å². The lowest BCUT2D eigenvalue weighted by Crippen LogP contribution is -2.27. The minimum atomic E-state index is 0.170. The molecule has 160 valence electrons. The first-order chi connectivity index (χ1) is 14.7. The van der Waals surface area contributed by atoms with E-state index >= 15 is 0 Å². The molecule has 30 heavy (non-hydrogen) atoms. The van der Waals surface area contributed by atoms with E-state index in [9.17, 15) is 0 Å². The highest BCUT2D eigenvalue weighted by Crippen LogP contribution is 2.29. The molecule has 0 N–H and O–H groups in total. The van der Waals surface area contributed by atoms with Gasteiger partial charge in [0.15, 0.2) is 23.0 Å². The van der Waals surface area contributed by atoms with Crippen molar-refractivity contribution >= 4 is 12.4 Å². The lowest BCUT2D eigenvalue weighted by Gasteiger charge is -2.25. The standard InChI is InChI=1S/C24H30N2O4/c1-27-21-11-9-17(13-23(21)29-3)15-25-19-7-5-6-8-20(19)26-16-18-10-12-22(28-2)24(14-18)30-4/h9-16,19-20H,5-8H2,1-4H3/t19-,20-/m1/s1. The maximum absolute atomic E-state index is 5.38. The molecular formula is C24H30N2O4. The SMILES string of the molecule is COc1ccc(C=N[C@@H]2CCCC[C@H]2N=Cc2ccc(OC)c(OC)c2)cc1OC. The lowest BCUT2D eigenvalue weighted by molar-refractivity contribution is 0.355. The van der Waals surface area contributed by atoms with Crippen LogP contribution in [-0.2, 0) is 0 Å². The van der Waals surface area contributed by atoms with Gasteiger partial charge in [0, 0.05) is 12.4 Å². The maximum Gasteiger partial charge on any atom is 0.161 e. The summed E-state index contributed by atoms with van der Waals surface area (Å²) in [5, 5.41) is 0. The quantitative estimate of drug-likeness (QED) is 0.598. The number of ether oxygens (including phenoxy) is 4. The third-order valence-electron chi connectivity index (χ3n) is 5.34. The molecule has 0 heterocycles. The molecule has 0 aromatic heterocycles. The van der Waals surface area contributed by atoms with E-state index in [1.807, 2.05) is 48.8 Å². The third kappa shape index (κ3) is 5.32. The Bertz CT molecular complexity index is 821. The topological polar surface area (TPSA) is 61.6 Å². The number of rotatable bonds is 8. The smallest absolute Gasteiger partial charge is 0.161 e. The van der Waals surface area contributed by atoms with Crippen LogP contribution in [0, 0.1) is 0 Å². The van der Waals surface area contributed by atoms with Crippen LogP contribution in [0.15, 0.2) is 46.4 Å². The summed E-state index contributed by atoms with van der Waals surface area (Å²) in [4.78, 5) is 9.72. The van der Waals surface area contributed by atoms with Gasteiger partial charge < -0.3 is 18.9 Å². The van der Waals surface area contributed by atoms with E-state index < -0.39 is 0 Å². The number of hydrogen-bond donors (Lipinski definition) is 0. The molecule has 2 atom stereocenters. The first kappa shape index (κ1) is 21.7. The second-order valence-corrected chi connectivity index (χ2v) is 7.20. The zero-order chi connectivity index (χ0) is 21.3. The molecule has 0 saturated heterocycles. The molecule has 2 aromatic carbocycles. The Morgan fingerprint density at radius 3 is 1.40 bits per heavy atom. The van der Waals surface area contributed by atoms with Gasteiger partial charge in [0.05, 0.1) is 40.5 Å². The third-order valence-corrected chi connectivity index (χ3v) is 5.34. The van der Waals surface area contributed by atoms with Gasteiger partial charge in [-0.2, -0.15) is 0 Å². The summed E-state index contributed by atoms with van der Waals surface area (Å²) in [6.45, 7) is 0. The predicted molar refractivity (Wildman–Crippen MR) is 120 cm³/mol. The first-order valence-corrected chi connectivity index (χ1v) is 10.2. The van der Waals surface area contributed by atoms with Crippen LogP contribution in [0.3, 0.4) is 0 Å². The monoisotopic (exact) mass is 410 g/mol. The molecule has 0 radical (unpaired) electrons. The van der Waals surface area contributed by atoms with Crippen LogP contribution in [0.25, 0.3) is 0 Å². The summed E-state index contributed by atoms with van der Waals surface area (Å²) >= 11 is 0. The van der Waals surface area contributed by atoms with Crippen LogP contribution in [-0.4, -0.2) is 53.0 Å². The highest BCUT2D eigenvalue weighted by molar-refractivity contribution is 5.82. The van der Waals surface area contributed by atoms with Gasteiger partial charge in [-0.05, 0) is 60.4 Å². The molecule has 1 saturated carbocycles. The maximum atomic E-state index is 5.38. The summed E-state index contributed by atoms with van der Waals surface area (Å²) in [7, 11) is 6.54. The molecule has 1 fully saturated rings. The summed E-state index contributed by atoms with van der Waals surface area (Å²) < 4.78 is 21.4. The highest BCUT2D eigenvalue weighted by Gasteiger charge is 2.23. The van der Waals surface area contributed by atoms with Crippen LogP contribution in [0.4, 0.5) is 0 Å². The number of nitrogens with zero attached hydrogens (tertiary/aromatic N) is 2. The van der Waals surface area contributed by atoms with Crippen molar-refractivity contribution in [2.45, 2.75) is 37.8 Å². The van der Waals surface area contributed by atoms with Crippen molar-refractivity contribution in [1.29, 1.82) is 0 Å². The molecule has 0 spiro atoms. The van der Waals surface area contributed by atoms with Crippen molar-refractivity contribution in [1.82, 2.24) is 0 Å². The van der Waals surface area contributed by atoms with Gasteiger partial charge in [0.25, 0.3) is 0 Å². The van der Waals surface area contributed by atoms with E-state index in [2.05, 4.69) is 0 Å². The average molecular weight is 411 g/mol. The Hall–Kier alpha value is -3.02. The number of hydrogen-bond acceptors (Lipinski definition) is 6. The van der Waals surface area contributed by atoms with E-state index in [-0.39, 0.29) is 12.1 Å². The largest absolute Gasteiger partial charge is 0.493 e. The lowest BCUT2D eigenvalue weighted by atomic mass is 9.91. The summed E-state index contributed by atoms with van der Waals surface area (Å²) in [6.07, 6.45) is 8.26. The van der Waals surface area contributed by atoms with E-state index in [0.29, 0.717) is 23.0 Å². The van der Waals surface area contributed by atoms with E-state index in [1.54, 1.807) is 28.4 Å². The van der Waals surface area contributed by atoms with Crippen LogP contribution < -0.4 is 18.9 Å². The van der Waals surface area contributed by atoms with Crippen molar-refractivity contribution in [3.8, 4) is 23.0 Å². The second-order valence-electron chi connectivity index (χ2n) is 7.20. The number of benzene rings is 2. The highest BCUT2D eigenvalue weighted by atomic mass is 16.5. The fraction of sp³-hybridized carbons (Fsp3) is 0.417. The van der Waals surface area contributed by atoms with Crippen LogP contribution >= 0.6 is 0 Å². The molecule has 6 heteroatoms. The van der Waals surface area contributed by atoms with Crippen molar-refractivity contribution < 1.29 is 18.9 Å². The number of methoxy groups -OCH3 is 4. The summed E-state index contributed by atoms with van der Waals surface area (Å²) in [5.74, 6) is 2.83. The van der Waals surface area contributed by atoms with Crippen molar-refractivity contribution in [3.63, 3.8) is 0 Å². The average Bonchev–Trinajstić information content (AvgIpc) is 2.81. The van der Waals surface area contributed by atoms with Crippen LogP contribution in [0.1, 0.15) is 36.8 Å². The van der Waals surface area contributed by atoms with E-state index in [1.165, 1.54) is 12.8 Å². The Kier molecular flexibility index (Phi) is 7.71. The van der Waals surface area contributed by atoms with Gasteiger partial charge in [-0.3, -0.25) is 9.98 Å².